The molecule has 0 aliphatic carbocycles. The smallest absolute Gasteiger partial charge is 0.328 e. The lowest BCUT2D eigenvalue weighted by Crippen LogP contribution is -1.87. The van der Waals surface area contributed by atoms with Crippen LogP contribution in [0.15, 0.2) is 30.5 Å². The van der Waals surface area contributed by atoms with Crippen LogP contribution in [0.25, 0.3) is 6.08 Å². The van der Waals surface area contributed by atoms with E-state index in [-0.39, 0.29) is 0 Å². The van der Waals surface area contributed by atoms with Gasteiger partial charge in [-0.25, -0.2) is 14.8 Å². The molecule has 0 amide bonds. The van der Waals surface area contributed by atoms with E-state index in [4.69, 9.17) is 5.11 Å². The zero-order valence-corrected chi connectivity index (χ0v) is 7.71. The van der Waals surface area contributed by atoms with Crippen molar-refractivity contribution in [1.29, 1.82) is 0 Å². The molecule has 1 aromatic heterocycles. The van der Waals surface area contributed by atoms with Gasteiger partial charge >= 0.3 is 5.97 Å². The molecule has 0 saturated carbocycles. The minimum atomic E-state index is -0.964. The third-order valence-corrected chi connectivity index (χ3v) is 1.41. The summed E-state index contributed by atoms with van der Waals surface area (Å²) in [7, 11) is 0. The normalized spacial score (nSPS) is 11.2. The zero-order chi connectivity index (χ0) is 10.4. The number of rotatable bonds is 3. The first-order valence-electron chi connectivity index (χ1n) is 4.06. The van der Waals surface area contributed by atoms with Crippen molar-refractivity contribution in [2.45, 2.75) is 6.92 Å². The number of hydrogen-bond donors (Lipinski definition) is 1. The van der Waals surface area contributed by atoms with Crippen LogP contribution in [0.3, 0.4) is 0 Å². The van der Waals surface area contributed by atoms with Gasteiger partial charge in [0.2, 0.25) is 0 Å². The van der Waals surface area contributed by atoms with E-state index >= 15 is 0 Å². The van der Waals surface area contributed by atoms with Crippen molar-refractivity contribution in [2.75, 3.05) is 0 Å². The van der Waals surface area contributed by atoms with Gasteiger partial charge in [0.15, 0.2) is 0 Å². The number of aryl methyl sites for hydroxylation is 1. The quantitative estimate of drug-likeness (QED) is 0.578. The second-order valence-electron chi connectivity index (χ2n) is 2.59. The highest BCUT2D eigenvalue weighted by atomic mass is 16.4. The minimum Gasteiger partial charge on any atom is -0.478 e. The molecule has 4 heteroatoms. The van der Waals surface area contributed by atoms with E-state index in [1.54, 1.807) is 31.3 Å². The molecule has 0 saturated heterocycles. The molecule has 0 unspecified atom stereocenters. The lowest BCUT2D eigenvalue weighted by molar-refractivity contribution is -0.131. The summed E-state index contributed by atoms with van der Waals surface area (Å²) in [6.07, 6.45) is 7.50. The summed E-state index contributed by atoms with van der Waals surface area (Å²) < 4.78 is 0. The Kier molecular flexibility index (Phi) is 3.55. The van der Waals surface area contributed by atoms with Gasteiger partial charge in [-0.15, -0.1) is 0 Å². The summed E-state index contributed by atoms with van der Waals surface area (Å²) in [6.45, 7) is 1.80. The summed E-state index contributed by atoms with van der Waals surface area (Å²) in [4.78, 5) is 18.2. The predicted molar refractivity (Wildman–Crippen MR) is 52.6 cm³/mol. The van der Waals surface area contributed by atoms with Crippen LogP contribution in [-0.2, 0) is 4.79 Å². The van der Waals surface area contributed by atoms with E-state index in [0.29, 0.717) is 5.82 Å². The highest BCUT2D eigenvalue weighted by molar-refractivity contribution is 5.80. The summed E-state index contributed by atoms with van der Waals surface area (Å²) in [6, 6.07) is 1.75. The van der Waals surface area contributed by atoms with E-state index in [1.165, 1.54) is 6.08 Å². The Morgan fingerprint density at radius 3 is 2.93 bits per heavy atom. The van der Waals surface area contributed by atoms with Crippen LogP contribution < -0.4 is 0 Å². The van der Waals surface area contributed by atoms with E-state index in [9.17, 15) is 4.79 Å². The number of carboxylic acid groups (broad SMARTS) is 1. The molecule has 4 nitrogen and oxygen atoms in total. The topological polar surface area (TPSA) is 63.1 Å². The predicted octanol–water partition coefficient (Wildman–Crippen LogP) is 1.44. The number of carboxylic acids is 1. The fourth-order valence-electron chi connectivity index (χ4n) is 0.859. The molecular weight excluding hydrogens is 180 g/mol. The van der Waals surface area contributed by atoms with Gasteiger partial charge in [-0.2, -0.15) is 0 Å². The van der Waals surface area contributed by atoms with Crippen LogP contribution in [0.5, 0.6) is 0 Å². The molecule has 0 spiro atoms. The third kappa shape index (κ3) is 3.62. The molecule has 72 valence electrons. The first-order valence-corrected chi connectivity index (χ1v) is 4.06. The Hall–Kier alpha value is -1.97. The van der Waals surface area contributed by atoms with Crippen molar-refractivity contribution in [2.24, 2.45) is 0 Å². The third-order valence-electron chi connectivity index (χ3n) is 1.41. The van der Waals surface area contributed by atoms with Gasteiger partial charge in [0.25, 0.3) is 0 Å². The molecule has 0 bridgehead atoms. The monoisotopic (exact) mass is 190 g/mol. The summed E-state index contributed by atoms with van der Waals surface area (Å²) in [5.74, 6) is -0.275. The van der Waals surface area contributed by atoms with Crippen molar-refractivity contribution in [1.82, 2.24) is 9.97 Å². The van der Waals surface area contributed by atoms with Crippen molar-refractivity contribution in [3.05, 3.63) is 42.0 Å². The van der Waals surface area contributed by atoms with Gasteiger partial charge < -0.3 is 5.11 Å². The Morgan fingerprint density at radius 2 is 2.29 bits per heavy atom. The molecule has 0 aromatic carbocycles. The minimum absolute atomic E-state index is 0.689. The largest absolute Gasteiger partial charge is 0.478 e. The van der Waals surface area contributed by atoms with Crippen molar-refractivity contribution < 1.29 is 9.90 Å². The van der Waals surface area contributed by atoms with Gasteiger partial charge in [-0.05, 0) is 19.1 Å². The second-order valence-corrected chi connectivity index (χ2v) is 2.59. The summed E-state index contributed by atoms with van der Waals surface area (Å²) >= 11 is 0. The molecule has 1 rings (SSSR count). The Morgan fingerprint density at radius 1 is 1.50 bits per heavy atom. The molecule has 1 aromatic rings. The molecule has 1 heterocycles. The van der Waals surface area contributed by atoms with Gasteiger partial charge in [-0.3, -0.25) is 0 Å². The lowest BCUT2D eigenvalue weighted by atomic mass is 10.3. The number of aliphatic carboxylic acids is 1. The number of nitrogens with zero attached hydrogens (tertiary/aromatic N) is 2. The van der Waals surface area contributed by atoms with Crippen LogP contribution in [-0.4, -0.2) is 21.0 Å². The first kappa shape index (κ1) is 10.1. The highest BCUT2D eigenvalue weighted by Crippen LogP contribution is 1.97. The average molecular weight is 190 g/mol. The average Bonchev–Trinajstić information content (AvgIpc) is 2.12. The van der Waals surface area contributed by atoms with Crippen LogP contribution in [0.2, 0.25) is 0 Å². The second kappa shape index (κ2) is 4.91. The van der Waals surface area contributed by atoms with Gasteiger partial charge in [0.05, 0.1) is 5.69 Å². The molecule has 0 fully saturated rings. The van der Waals surface area contributed by atoms with Crippen LogP contribution in [0.4, 0.5) is 0 Å². The fourth-order valence-corrected chi connectivity index (χ4v) is 0.859. The SMILES string of the molecule is Cc1nccc(/C=C/C=C/C(=O)O)n1. The summed E-state index contributed by atoms with van der Waals surface area (Å²) in [5.41, 5.74) is 0.757. The Labute approximate surface area is 81.6 Å². The van der Waals surface area contributed by atoms with Crippen molar-refractivity contribution in [3.63, 3.8) is 0 Å². The highest BCUT2D eigenvalue weighted by Gasteiger charge is 1.88. The van der Waals surface area contributed by atoms with Crippen LogP contribution in [0.1, 0.15) is 11.5 Å². The Balaban J connectivity index is 2.64. The first-order chi connectivity index (χ1) is 6.68. The van der Waals surface area contributed by atoms with E-state index < -0.39 is 5.97 Å². The molecular formula is C10H10N2O2. The molecule has 0 radical (unpaired) electrons. The van der Waals surface area contributed by atoms with Gasteiger partial charge in [-0.1, -0.05) is 12.2 Å². The maximum Gasteiger partial charge on any atom is 0.328 e. The zero-order valence-electron chi connectivity index (χ0n) is 7.71. The number of carbonyl (C=O) groups is 1. The van der Waals surface area contributed by atoms with E-state index in [2.05, 4.69) is 9.97 Å². The maximum absolute atomic E-state index is 10.1. The summed E-state index contributed by atoms with van der Waals surface area (Å²) in [5, 5.41) is 8.31. The maximum atomic E-state index is 10.1. The van der Waals surface area contributed by atoms with Crippen molar-refractivity contribution >= 4 is 12.0 Å². The van der Waals surface area contributed by atoms with E-state index in [1.807, 2.05) is 0 Å². The van der Waals surface area contributed by atoms with Crippen LogP contribution >= 0.6 is 0 Å². The molecule has 0 atom stereocenters. The lowest BCUT2D eigenvalue weighted by Gasteiger charge is -1.92. The fraction of sp³-hybridized carbons (Fsp3) is 0.100. The Bertz CT molecular complexity index is 383. The van der Waals surface area contributed by atoms with Gasteiger partial charge in [0.1, 0.15) is 5.82 Å². The number of allylic oxidation sites excluding steroid dienone is 2. The van der Waals surface area contributed by atoms with Crippen molar-refractivity contribution in [3.8, 4) is 0 Å². The molecule has 1 N–H and O–H groups in total. The van der Waals surface area contributed by atoms with E-state index in [0.717, 1.165) is 11.8 Å². The van der Waals surface area contributed by atoms with Gasteiger partial charge in [0, 0.05) is 12.3 Å². The molecule has 14 heavy (non-hydrogen) atoms. The number of hydrogen-bond acceptors (Lipinski definition) is 3. The molecule has 0 aliphatic rings. The van der Waals surface area contributed by atoms with Crippen LogP contribution in [0, 0.1) is 6.92 Å². The number of aromatic nitrogens is 2. The molecule has 0 aliphatic heterocycles. The standard InChI is InChI=1S/C10H10N2O2/c1-8-11-7-6-9(12-8)4-2-3-5-10(13)14/h2-7H,1H3,(H,13,14)/b4-2+,5-3+.